The van der Waals surface area contributed by atoms with Gasteiger partial charge in [-0.15, -0.1) is 0 Å². The van der Waals surface area contributed by atoms with Crippen molar-refractivity contribution in [2.45, 2.75) is 0 Å². The molecule has 0 atom stereocenters. The zero-order valence-corrected chi connectivity index (χ0v) is 13.4. The van der Waals surface area contributed by atoms with Gasteiger partial charge in [0.1, 0.15) is 0 Å². The first-order chi connectivity index (χ1) is 12.2. The first-order valence-corrected chi connectivity index (χ1v) is 7.84. The minimum atomic E-state index is -0.420. The van der Waals surface area contributed by atoms with Crippen molar-refractivity contribution in [1.82, 2.24) is 0 Å². The molecule has 0 N–H and O–H groups in total. The summed E-state index contributed by atoms with van der Waals surface area (Å²) in [6.45, 7) is 0. The SMILES string of the molecule is O=[N+]([O-])c1ccc(N=CC=C(c2ccccc2)c2ccccc2)cc1. The molecule has 0 saturated carbocycles. The largest absolute Gasteiger partial charge is 0.269 e. The van der Waals surface area contributed by atoms with Gasteiger partial charge in [0.25, 0.3) is 5.69 Å². The van der Waals surface area contributed by atoms with Gasteiger partial charge in [-0.1, -0.05) is 60.7 Å². The molecule has 0 unspecified atom stereocenters. The Bertz CT molecular complexity index is 858. The Labute approximate surface area is 145 Å². The van der Waals surface area contributed by atoms with E-state index in [1.54, 1.807) is 18.3 Å². The summed E-state index contributed by atoms with van der Waals surface area (Å²) in [6, 6.07) is 26.3. The molecule has 0 saturated heterocycles. The number of aliphatic imine (C=N–C) groups is 1. The van der Waals surface area contributed by atoms with Crippen molar-refractivity contribution < 1.29 is 4.92 Å². The third-order valence-corrected chi connectivity index (χ3v) is 3.69. The van der Waals surface area contributed by atoms with Gasteiger partial charge in [0.15, 0.2) is 0 Å². The molecule has 4 nitrogen and oxygen atoms in total. The molecule has 25 heavy (non-hydrogen) atoms. The van der Waals surface area contributed by atoms with Crippen molar-refractivity contribution in [3.8, 4) is 0 Å². The zero-order valence-electron chi connectivity index (χ0n) is 13.4. The lowest BCUT2D eigenvalue weighted by molar-refractivity contribution is -0.384. The van der Waals surface area contributed by atoms with Crippen LogP contribution in [0.1, 0.15) is 11.1 Å². The van der Waals surface area contributed by atoms with E-state index >= 15 is 0 Å². The van der Waals surface area contributed by atoms with E-state index in [1.165, 1.54) is 12.1 Å². The van der Waals surface area contributed by atoms with E-state index in [9.17, 15) is 10.1 Å². The summed E-state index contributed by atoms with van der Waals surface area (Å²) in [5.41, 5.74) is 3.99. The molecule has 0 aromatic heterocycles. The Morgan fingerprint density at radius 2 is 1.32 bits per heavy atom. The van der Waals surface area contributed by atoms with Crippen LogP contribution in [0.5, 0.6) is 0 Å². The van der Waals surface area contributed by atoms with Crippen molar-refractivity contribution in [1.29, 1.82) is 0 Å². The lowest BCUT2D eigenvalue weighted by Gasteiger charge is -2.07. The van der Waals surface area contributed by atoms with Crippen molar-refractivity contribution >= 4 is 23.2 Å². The van der Waals surface area contributed by atoms with Crippen LogP contribution in [0.3, 0.4) is 0 Å². The summed E-state index contributed by atoms with van der Waals surface area (Å²) in [7, 11) is 0. The molecule has 3 aromatic rings. The maximum Gasteiger partial charge on any atom is 0.269 e. The molecule has 0 heterocycles. The lowest BCUT2D eigenvalue weighted by atomic mass is 9.98. The Balaban J connectivity index is 1.90. The molecule has 0 aliphatic carbocycles. The average molecular weight is 328 g/mol. The molecule has 0 aliphatic heterocycles. The summed E-state index contributed by atoms with van der Waals surface area (Å²) in [4.78, 5) is 14.6. The van der Waals surface area contributed by atoms with Gasteiger partial charge >= 0.3 is 0 Å². The number of allylic oxidation sites excluding steroid dienone is 1. The van der Waals surface area contributed by atoms with Gasteiger partial charge < -0.3 is 0 Å². The van der Waals surface area contributed by atoms with Gasteiger partial charge in [0.2, 0.25) is 0 Å². The fourth-order valence-electron chi connectivity index (χ4n) is 2.45. The number of hydrogen-bond acceptors (Lipinski definition) is 3. The number of non-ortho nitro benzene ring substituents is 1. The van der Waals surface area contributed by atoms with Crippen LogP contribution in [0.25, 0.3) is 5.57 Å². The third-order valence-electron chi connectivity index (χ3n) is 3.69. The Hall–Kier alpha value is -3.53. The molecule has 122 valence electrons. The predicted octanol–water partition coefficient (Wildman–Crippen LogP) is 5.43. The van der Waals surface area contributed by atoms with Crippen molar-refractivity contribution in [3.63, 3.8) is 0 Å². The second-order valence-corrected chi connectivity index (χ2v) is 5.36. The first kappa shape index (κ1) is 16.3. The van der Waals surface area contributed by atoms with Crippen LogP contribution in [0.2, 0.25) is 0 Å². The van der Waals surface area contributed by atoms with Crippen LogP contribution in [0.15, 0.2) is 96.0 Å². The Morgan fingerprint density at radius 3 is 1.80 bits per heavy atom. The number of hydrogen-bond donors (Lipinski definition) is 0. The van der Waals surface area contributed by atoms with E-state index in [0.29, 0.717) is 5.69 Å². The lowest BCUT2D eigenvalue weighted by Crippen LogP contribution is -1.88. The Morgan fingerprint density at radius 1 is 0.800 bits per heavy atom. The first-order valence-electron chi connectivity index (χ1n) is 7.84. The normalized spacial score (nSPS) is 10.6. The number of nitro benzene ring substituents is 1. The molecule has 0 spiro atoms. The van der Waals surface area contributed by atoms with Gasteiger partial charge in [-0.05, 0) is 34.9 Å². The predicted molar refractivity (Wildman–Crippen MR) is 101 cm³/mol. The smallest absolute Gasteiger partial charge is 0.258 e. The van der Waals surface area contributed by atoms with Gasteiger partial charge in [-0.3, -0.25) is 15.1 Å². The second-order valence-electron chi connectivity index (χ2n) is 5.36. The van der Waals surface area contributed by atoms with Crippen LogP contribution < -0.4 is 0 Å². The molecule has 0 aliphatic rings. The highest BCUT2D eigenvalue weighted by molar-refractivity contribution is 5.92. The monoisotopic (exact) mass is 328 g/mol. The standard InChI is InChI=1S/C21H16N2O2/c24-23(25)20-13-11-19(12-14-20)22-16-15-21(17-7-3-1-4-8-17)18-9-5-2-6-10-18/h1-16H. The molecule has 0 bridgehead atoms. The molecule has 0 amide bonds. The van der Waals surface area contributed by atoms with Crippen molar-refractivity contribution in [2.24, 2.45) is 4.99 Å². The quantitative estimate of drug-likeness (QED) is 0.356. The maximum atomic E-state index is 10.7. The van der Waals surface area contributed by atoms with Gasteiger partial charge in [-0.25, -0.2) is 0 Å². The van der Waals surface area contributed by atoms with E-state index in [-0.39, 0.29) is 5.69 Å². The third kappa shape index (κ3) is 4.26. The van der Waals surface area contributed by atoms with E-state index in [1.807, 2.05) is 42.5 Å². The molecule has 0 fully saturated rings. The van der Waals surface area contributed by atoms with Gasteiger partial charge in [-0.2, -0.15) is 0 Å². The second kappa shape index (κ2) is 7.84. The fourth-order valence-corrected chi connectivity index (χ4v) is 2.45. The maximum absolute atomic E-state index is 10.7. The van der Waals surface area contributed by atoms with Gasteiger partial charge in [0.05, 0.1) is 10.6 Å². The highest BCUT2D eigenvalue weighted by Crippen LogP contribution is 2.23. The molecule has 3 rings (SSSR count). The van der Waals surface area contributed by atoms with Crippen molar-refractivity contribution in [2.75, 3.05) is 0 Å². The topological polar surface area (TPSA) is 55.5 Å². The summed E-state index contributed by atoms with van der Waals surface area (Å²) in [6.07, 6.45) is 3.67. The minimum Gasteiger partial charge on any atom is -0.258 e. The number of nitrogens with zero attached hydrogens (tertiary/aromatic N) is 2. The van der Waals surface area contributed by atoms with Crippen LogP contribution >= 0.6 is 0 Å². The highest BCUT2D eigenvalue weighted by Gasteiger charge is 2.04. The van der Waals surface area contributed by atoms with Crippen LogP contribution in [-0.4, -0.2) is 11.1 Å². The fraction of sp³-hybridized carbons (Fsp3) is 0. The number of nitro groups is 1. The van der Waals surface area contributed by atoms with Gasteiger partial charge in [0, 0.05) is 18.3 Å². The summed E-state index contributed by atoms with van der Waals surface area (Å²) >= 11 is 0. The Kier molecular flexibility index (Phi) is 5.12. The summed E-state index contributed by atoms with van der Waals surface area (Å²) < 4.78 is 0. The number of rotatable bonds is 5. The average Bonchev–Trinajstić information content (AvgIpc) is 2.67. The van der Waals surface area contributed by atoms with E-state index in [0.717, 1.165) is 16.7 Å². The van der Waals surface area contributed by atoms with E-state index in [4.69, 9.17) is 0 Å². The summed E-state index contributed by atoms with van der Waals surface area (Å²) in [5, 5.41) is 10.7. The van der Waals surface area contributed by atoms with E-state index < -0.39 is 4.92 Å². The summed E-state index contributed by atoms with van der Waals surface area (Å²) in [5.74, 6) is 0. The van der Waals surface area contributed by atoms with E-state index in [2.05, 4.69) is 29.3 Å². The highest BCUT2D eigenvalue weighted by atomic mass is 16.6. The molecule has 0 radical (unpaired) electrons. The van der Waals surface area contributed by atoms with Crippen LogP contribution in [-0.2, 0) is 0 Å². The molecule has 4 heteroatoms. The minimum absolute atomic E-state index is 0.0590. The number of benzene rings is 3. The molecular formula is C21H16N2O2. The zero-order chi connectivity index (χ0) is 17.5. The van der Waals surface area contributed by atoms with Crippen molar-refractivity contribution in [3.05, 3.63) is 112 Å². The molecule has 3 aromatic carbocycles. The van der Waals surface area contributed by atoms with Crippen LogP contribution in [0.4, 0.5) is 11.4 Å². The van der Waals surface area contributed by atoms with Crippen LogP contribution in [0, 0.1) is 10.1 Å². The molecular weight excluding hydrogens is 312 g/mol.